The summed E-state index contributed by atoms with van der Waals surface area (Å²) in [5.74, 6) is 1.21. The molecule has 2 N–H and O–H groups in total. The Morgan fingerprint density at radius 3 is 3.00 bits per heavy atom. The summed E-state index contributed by atoms with van der Waals surface area (Å²) >= 11 is 6.33. The molecule has 1 aromatic heterocycles. The predicted octanol–water partition coefficient (Wildman–Crippen LogP) is 2.15. The number of aromatic nitrogens is 2. The lowest BCUT2D eigenvalue weighted by Gasteiger charge is -2.42. The van der Waals surface area contributed by atoms with E-state index in [4.69, 9.17) is 16.3 Å². The molecule has 1 aliphatic carbocycles. The Bertz CT molecular complexity index is 733. The van der Waals surface area contributed by atoms with Crippen LogP contribution in [0.15, 0.2) is 12.3 Å². The Labute approximate surface area is 163 Å². The minimum absolute atomic E-state index is 0.0727. The number of piperidine rings is 1. The first kappa shape index (κ1) is 18.3. The largest absolute Gasteiger partial charge is 0.447 e. The number of rotatable bonds is 4. The molecule has 27 heavy (non-hydrogen) atoms. The van der Waals surface area contributed by atoms with Gasteiger partial charge in [-0.3, -0.25) is 9.69 Å². The molecule has 9 heteroatoms. The maximum absolute atomic E-state index is 12.6. The number of halogens is 1. The number of nitrogens with zero attached hydrogens (tertiary/aromatic N) is 3. The summed E-state index contributed by atoms with van der Waals surface area (Å²) in [5, 5.41) is 6.60. The van der Waals surface area contributed by atoms with Crippen LogP contribution in [0.25, 0.3) is 0 Å². The molecule has 0 bridgehead atoms. The van der Waals surface area contributed by atoms with Gasteiger partial charge in [0.05, 0.1) is 12.5 Å². The molecule has 5 unspecified atom stereocenters. The zero-order valence-corrected chi connectivity index (χ0v) is 16.0. The summed E-state index contributed by atoms with van der Waals surface area (Å²) in [4.78, 5) is 34.4. The summed E-state index contributed by atoms with van der Waals surface area (Å²) in [7, 11) is 0. The number of amides is 2. The normalized spacial score (nSPS) is 31.7. The Balaban J connectivity index is 1.43. The van der Waals surface area contributed by atoms with E-state index in [2.05, 4.69) is 20.6 Å². The molecule has 0 spiro atoms. The first-order valence-electron chi connectivity index (χ1n) is 9.49. The standard InChI is InChI=1S/C18H24ClN5O3/c1-10(13-9-11-8-12(19)2-3-14(11)22-16(13)25)21-17-20-5-4-15(23-17)24-6-7-27-18(24)26/h4-5,10-14H,2-3,6-9H2,1H3,(H,22,25)(H,20,21,23). The van der Waals surface area contributed by atoms with Crippen molar-refractivity contribution in [1.82, 2.24) is 15.3 Å². The van der Waals surface area contributed by atoms with Crippen LogP contribution >= 0.6 is 11.6 Å². The van der Waals surface area contributed by atoms with Gasteiger partial charge >= 0.3 is 6.09 Å². The molecule has 2 saturated heterocycles. The fraction of sp³-hybridized carbons (Fsp3) is 0.667. The Morgan fingerprint density at radius 2 is 2.22 bits per heavy atom. The third-order valence-corrected chi connectivity index (χ3v) is 6.17. The maximum Gasteiger partial charge on any atom is 0.415 e. The van der Waals surface area contributed by atoms with Crippen LogP contribution < -0.4 is 15.5 Å². The molecule has 0 aromatic carbocycles. The van der Waals surface area contributed by atoms with Crippen LogP contribution in [0.2, 0.25) is 0 Å². The zero-order valence-electron chi connectivity index (χ0n) is 15.2. The summed E-state index contributed by atoms with van der Waals surface area (Å²) < 4.78 is 4.95. The van der Waals surface area contributed by atoms with Crippen molar-refractivity contribution in [1.29, 1.82) is 0 Å². The monoisotopic (exact) mass is 393 g/mol. The Kier molecular flexibility index (Phi) is 5.08. The van der Waals surface area contributed by atoms with Gasteiger partial charge in [-0.2, -0.15) is 4.98 Å². The first-order chi connectivity index (χ1) is 13.0. The number of nitrogens with one attached hydrogen (secondary N) is 2. The summed E-state index contributed by atoms with van der Waals surface area (Å²) in [6.07, 6.45) is 4.86. The smallest absolute Gasteiger partial charge is 0.415 e. The lowest BCUT2D eigenvalue weighted by molar-refractivity contribution is -0.130. The number of carbonyl (C=O) groups excluding carboxylic acids is 2. The van der Waals surface area contributed by atoms with E-state index < -0.39 is 6.09 Å². The number of alkyl halides is 1. The quantitative estimate of drug-likeness (QED) is 0.761. The van der Waals surface area contributed by atoms with Crippen LogP contribution in [-0.2, 0) is 9.53 Å². The number of hydrogen-bond donors (Lipinski definition) is 2. The molecule has 2 aliphatic heterocycles. The van der Waals surface area contributed by atoms with Gasteiger partial charge in [0.15, 0.2) is 0 Å². The van der Waals surface area contributed by atoms with Gasteiger partial charge in [0, 0.05) is 23.7 Å². The van der Waals surface area contributed by atoms with Crippen molar-refractivity contribution in [2.24, 2.45) is 11.8 Å². The van der Waals surface area contributed by atoms with Crippen molar-refractivity contribution in [2.45, 2.75) is 50.1 Å². The number of fused-ring (bicyclic) bond motifs is 1. The van der Waals surface area contributed by atoms with Crippen LogP contribution in [0.3, 0.4) is 0 Å². The van der Waals surface area contributed by atoms with Crippen molar-refractivity contribution in [2.75, 3.05) is 23.4 Å². The predicted molar refractivity (Wildman–Crippen MR) is 101 cm³/mol. The van der Waals surface area contributed by atoms with E-state index >= 15 is 0 Å². The molecule has 1 saturated carbocycles. The lowest BCUT2D eigenvalue weighted by atomic mass is 9.74. The highest BCUT2D eigenvalue weighted by atomic mass is 35.5. The summed E-state index contributed by atoms with van der Waals surface area (Å²) in [5.41, 5.74) is 0. The molecule has 3 aliphatic rings. The van der Waals surface area contributed by atoms with Gasteiger partial charge in [-0.15, -0.1) is 11.6 Å². The fourth-order valence-electron chi connectivity index (χ4n) is 4.29. The molecule has 4 rings (SSSR count). The SMILES string of the molecule is CC(Nc1nccc(N2CCOC2=O)n1)C1CC2CC(Cl)CCC2NC1=O. The number of hydrogen-bond acceptors (Lipinski definition) is 6. The summed E-state index contributed by atoms with van der Waals surface area (Å²) in [6.45, 7) is 2.79. The Hall–Kier alpha value is -2.09. The van der Waals surface area contributed by atoms with Gasteiger partial charge in [0.1, 0.15) is 12.4 Å². The second-order valence-electron chi connectivity index (χ2n) is 7.57. The molecule has 146 valence electrons. The topological polar surface area (TPSA) is 96.4 Å². The van der Waals surface area contributed by atoms with Crippen LogP contribution in [-0.4, -0.2) is 52.6 Å². The van der Waals surface area contributed by atoms with Crippen LogP contribution in [0, 0.1) is 11.8 Å². The van der Waals surface area contributed by atoms with Crippen molar-refractivity contribution in [3.63, 3.8) is 0 Å². The molecular formula is C18H24ClN5O3. The molecule has 0 radical (unpaired) electrons. The molecule has 3 fully saturated rings. The number of anilines is 2. The number of ether oxygens (including phenoxy) is 1. The zero-order chi connectivity index (χ0) is 19.0. The molecular weight excluding hydrogens is 370 g/mol. The number of cyclic esters (lactones) is 1. The summed E-state index contributed by atoms with van der Waals surface area (Å²) in [6, 6.07) is 1.78. The third kappa shape index (κ3) is 3.81. The van der Waals surface area contributed by atoms with E-state index in [-0.39, 0.29) is 29.3 Å². The van der Waals surface area contributed by atoms with Gasteiger partial charge in [0.25, 0.3) is 0 Å². The van der Waals surface area contributed by atoms with Gasteiger partial charge in [-0.25, -0.2) is 9.78 Å². The van der Waals surface area contributed by atoms with E-state index in [0.29, 0.717) is 30.8 Å². The molecule has 8 nitrogen and oxygen atoms in total. The highest BCUT2D eigenvalue weighted by molar-refractivity contribution is 6.20. The van der Waals surface area contributed by atoms with E-state index in [1.54, 1.807) is 12.3 Å². The van der Waals surface area contributed by atoms with E-state index in [0.717, 1.165) is 25.7 Å². The Morgan fingerprint density at radius 1 is 1.37 bits per heavy atom. The molecule has 3 heterocycles. The van der Waals surface area contributed by atoms with Crippen LogP contribution in [0.5, 0.6) is 0 Å². The van der Waals surface area contributed by atoms with Crippen molar-refractivity contribution >= 4 is 35.4 Å². The highest BCUT2D eigenvalue weighted by Crippen LogP contribution is 2.36. The maximum atomic E-state index is 12.6. The van der Waals surface area contributed by atoms with Crippen LogP contribution in [0.1, 0.15) is 32.6 Å². The molecule has 5 atom stereocenters. The van der Waals surface area contributed by atoms with Crippen molar-refractivity contribution in [3.8, 4) is 0 Å². The average Bonchev–Trinajstić information content (AvgIpc) is 3.07. The number of carbonyl (C=O) groups is 2. The van der Waals surface area contributed by atoms with E-state index in [9.17, 15) is 9.59 Å². The van der Waals surface area contributed by atoms with Crippen molar-refractivity contribution < 1.29 is 14.3 Å². The highest BCUT2D eigenvalue weighted by Gasteiger charge is 2.41. The average molecular weight is 394 g/mol. The van der Waals surface area contributed by atoms with Gasteiger partial charge in [-0.05, 0) is 44.6 Å². The van der Waals surface area contributed by atoms with Gasteiger partial charge in [0.2, 0.25) is 11.9 Å². The second-order valence-corrected chi connectivity index (χ2v) is 8.18. The fourth-order valence-corrected chi connectivity index (χ4v) is 4.64. The first-order valence-corrected chi connectivity index (χ1v) is 9.93. The van der Waals surface area contributed by atoms with Crippen molar-refractivity contribution in [3.05, 3.63) is 12.3 Å². The van der Waals surface area contributed by atoms with E-state index in [1.807, 2.05) is 6.92 Å². The third-order valence-electron chi connectivity index (χ3n) is 5.78. The van der Waals surface area contributed by atoms with Gasteiger partial charge < -0.3 is 15.4 Å². The van der Waals surface area contributed by atoms with Crippen LogP contribution in [0.4, 0.5) is 16.6 Å². The minimum Gasteiger partial charge on any atom is -0.447 e. The molecule has 1 aromatic rings. The lowest BCUT2D eigenvalue weighted by Crippen LogP contribution is -2.55. The second kappa shape index (κ2) is 7.50. The minimum atomic E-state index is -0.404. The molecule has 2 amide bonds. The van der Waals surface area contributed by atoms with E-state index in [1.165, 1.54) is 4.90 Å². The van der Waals surface area contributed by atoms with Gasteiger partial charge in [-0.1, -0.05) is 0 Å².